The van der Waals surface area contributed by atoms with Gasteiger partial charge in [-0.2, -0.15) is 0 Å². The molecule has 0 bridgehead atoms. The van der Waals surface area contributed by atoms with Crippen molar-refractivity contribution >= 4 is 5.69 Å². The summed E-state index contributed by atoms with van der Waals surface area (Å²) in [4.78, 5) is 0. The highest BCUT2D eigenvalue weighted by Crippen LogP contribution is 2.18. The molecule has 3 aromatic rings. The Bertz CT molecular complexity index is 710. The first-order chi connectivity index (χ1) is 11.4. The second-order valence-electron chi connectivity index (χ2n) is 5.45. The molecule has 0 saturated carbocycles. The van der Waals surface area contributed by atoms with Crippen molar-refractivity contribution in [3.8, 4) is 5.75 Å². The van der Waals surface area contributed by atoms with E-state index >= 15 is 0 Å². The van der Waals surface area contributed by atoms with Crippen LogP contribution in [-0.4, -0.2) is 6.61 Å². The van der Waals surface area contributed by atoms with Crippen molar-refractivity contribution in [1.29, 1.82) is 0 Å². The molecule has 0 amide bonds. The Hall–Kier alpha value is -2.74. The van der Waals surface area contributed by atoms with Gasteiger partial charge in [0.1, 0.15) is 5.75 Å². The fourth-order valence-corrected chi connectivity index (χ4v) is 2.43. The molecule has 1 N–H and O–H groups in total. The molecule has 23 heavy (non-hydrogen) atoms. The lowest BCUT2D eigenvalue weighted by molar-refractivity contribution is 0.322. The molecule has 0 unspecified atom stereocenters. The van der Waals surface area contributed by atoms with Crippen LogP contribution in [0.1, 0.15) is 11.1 Å². The van der Waals surface area contributed by atoms with E-state index in [2.05, 4.69) is 59.9 Å². The normalized spacial score (nSPS) is 10.3. The van der Waals surface area contributed by atoms with Crippen molar-refractivity contribution in [3.05, 3.63) is 96.1 Å². The molecular weight excluding hydrogens is 282 g/mol. The van der Waals surface area contributed by atoms with Gasteiger partial charge in [0.25, 0.3) is 0 Å². The molecular formula is C21H21NO. The van der Waals surface area contributed by atoms with Crippen LogP contribution in [0.25, 0.3) is 0 Å². The van der Waals surface area contributed by atoms with Gasteiger partial charge in [-0.1, -0.05) is 66.7 Å². The van der Waals surface area contributed by atoms with Crippen molar-refractivity contribution < 1.29 is 4.74 Å². The zero-order valence-electron chi connectivity index (χ0n) is 13.1. The summed E-state index contributed by atoms with van der Waals surface area (Å²) in [6.45, 7) is 1.50. The van der Waals surface area contributed by atoms with Crippen molar-refractivity contribution in [2.24, 2.45) is 0 Å². The van der Waals surface area contributed by atoms with E-state index in [9.17, 15) is 0 Å². The lowest BCUT2D eigenvalue weighted by atomic mass is 10.2. The number of hydrogen-bond donors (Lipinski definition) is 1. The van der Waals surface area contributed by atoms with Crippen molar-refractivity contribution in [2.45, 2.75) is 13.0 Å². The molecule has 116 valence electrons. The highest BCUT2D eigenvalue weighted by molar-refractivity contribution is 5.48. The zero-order valence-corrected chi connectivity index (χ0v) is 13.1. The minimum Gasteiger partial charge on any atom is -0.493 e. The lowest BCUT2D eigenvalue weighted by Gasteiger charge is -2.10. The summed E-state index contributed by atoms with van der Waals surface area (Å²) in [5.41, 5.74) is 3.64. The fraction of sp³-hybridized carbons (Fsp3) is 0.143. The van der Waals surface area contributed by atoms with E-state index in [4.69, 9.17) is 4.74 Å². The molecule has 2 heteroatoms. The van der Waals surface area contributed by atoms with Crippen LogP contribution in [0.2, 0.25) is 0 Å². The summed E-state index contributed by atoms with van der Waals surface area (Å²) in [5.74, 6) is 0.902. The quantitative estimate of drug-likeness (QED) is 0.669. The molecule has 0 atom stereocenters. The maximum absolute atomic E-state index is 5.86. The Morgan fingerprint density at radius 2 is 1.39 bits per heavy atom. The third-order valence-corrected chi connectivity index (χ3v) is 3.68. The monoisotopic (exact) mass is 303 g/mol. The van der Waals surface area contributed by atoms with Gasteiger partial charge < -0.3 is 10.1 Å². The van der Waals surface area contributed by atoms with Gasteiger partial charge in [0.2, 0.25) is 0 Å². The average Bonchev–Trinajstić information content (AvgIpc) is 2.62. The molecule has 0 aliphatic rings. The average molecular weight is 303 g/mol. The van der Waals surface area contributed by atoms with Crippen molar-refractivity contribution in [2.75, 3.05) is 11.9 Å². The van der Waals surface area contributed by atoms with Crippen molar-refractivity contribution in [1.82, 2.24) is 0 Å². The molecule has 0 fully saturated rings. The highest BCUT2D eigenvalue weighted by Gasteiger charge is 1.98. The Morgan fingerprint density at radius 3 is 2.13 bits per heavy atom. The fourth-order valence-electron chi connectivity index (χ4n) is 2.43. The van der Waals surface area contributed by atoms with Crippen LogP contribution in [0.5, 0.6) is 5.75 Å². The van der Waals surface area contributed by atoms with Crippen LogP contribution in [0, 0.1) is 0 Å². The number of benzene rings is 3. The lowest BCUT2D eigenvalue weighted by Crippen LogP contribution is -2.02. The molecule has 0 spiro atoms. The number of nitrogens with one attached hydrogen (secondary N) is 1. The van der Waals surface area contributed by atoms with Crippen LogP contribution in [0.15, 0.2) is 84.9 Å². The Labute approximate surface area is 137 Å². The van der Waals surface area contributed by atoms with Gasteiger partial charge in [-0.3, -0.25) is 0 Å². The summed E-state index contributed by atoms with van der Waals surface area (Å²) in [6, 6.07) is 28.9. The molecule has 0 radical (unpaired) electrons. The first kappa shape index (κ1) is 15.2. The SMILES string of the molecule is c1ccc(CCOc2cccc(NCc3ccccc3)c2)cc1. The topological polar surface area (TPSA) is 21.3 Å². The van der Waals surface area contributed by atoms with E-state index in [1.54, 1.807) is 0 Å². The second kappa shape index (κ2) is 8.04. The number of hydrogen-bond acceptors (Lipinski definition) is 2. The summed E-state index contributed by atoms with van der Waals surface area (Å²) in [5, 5.41) is 3.43. The van der Waals surface area contributed by atoms with Gasteiger partial charge in [-0.05, 0) is 23.3 Å². The van der Waals surface area contributed by atoms with Gasteiger partial charge in [-0.25, -0.2) is 0 Å². The standard InChI is InChI=1S/C21H21NO/c1-3-8-18(9-4-1)14-15-23-21-13-7-12-20(16-21)22-17-19-10-5-2-6-11-19/h1-13,16,22H,14-15,17H2. The van der Waals surface area contributed by atoms with Gasteiger partial charge in [-0.15, -0.1) is 0 Å². The minimum absolute atomic E-state index is 0.687. The minimum atomic E-state index is 0.687. The van der Waals surface area contributed by atoms with Crippen LogP contribution < -0.4 is 10.1 Å². The molecule has 3 rings (SSSR count). The predicted octanol–water partition coefficient (Wildman–Crippen LogP) is 4.92. The van der Waals surface area contributed by atoms with E-state index in [0.29, 0.717) is 6.61 Å². The predicted molar refractivity (Wildman–Crippen MR) is 95.9 cm³/mol. The van der Waals surface area contributed by atoms with E-state index in [1.807, 2.05) is 30.3 Å². The summed E-state index contributed by atoms with van der Waals surface area (Å²) in [6.07, 6.45) is 0.919. The van der Waals surface area contributed by atoms with E-state index in [0.717, 1.165) is 24.4 Å². The third-order valence-electron chi connectivity index (χ3n) is 3.68. The first-order valence-corrected chi connectivity index (χ1v) is 7.95. The number of ether oxygens (including phenoxy) is 1. The second-order valence-corrected chi connectivity index (χ2v) is 5.45. The van der Waals surface area contributed by atoms with Crippen LogP contribution in [-0.2, 0) is 13.0 Å². The third kappa shape index (κ3) is 4.89. The summed E-state index contributed by atoms with van der Waals surface area (Å²) < 4.78 is 5.86. The highest BCUT2D eigenvalue weighted by atomic mass is 16.5. The smallest absolute Gasteiger partial charge is 0.121 e. The summed E-state index contributed by atoms with van der Waals surface area (Å²) in [7, 11) is 0. The Balaban J connectivity index is 1.51. The maximum atomic E-state index is 5.86. The van der Waals surface area contributed by atoms with E-state index in [1.165, 1.54) is 11.1 Å². The molecule has 2 nitrogen and oxygen atoms in total. The molecule has 3 aromatic carbocycles. The summed E-state index contributed by atoms with van der Waals surface area (Å²) >= 11 is 0. The molecule has 0 aliphatic heterocycles. The van der Waals surface area contributed by atoms with E-state index < -0.39 is 0 Å². The van der Waals surface area contributed by atoms with Gasteiger partial charge in [0.15, 0.2) is 0 Å². The van der Waals surface area contributed by atoms with E-state index in [-0.39, 0.29) is 0 Å². The van der Waals surface area contributed by atoms with Crippen LogP contribution >= 0.6 is 0 Å². The first-order valence-electron chi connectivity index (χ1n) is 7.95. The Kier molecular flexibility index (Phi) is 5.30. The van der Waals surface area contributed by atoms with Gasteiger partial charge in [0, 0.05) is 24.7 Å². The zero-order chi connectivity index (χ0) is 15.7. The number of rotatable bonds is 7. The molecule has 0 aliphatic carbocycles. The number of anilines is 1. The van der Waals surface area contributed by atoms with Crippen molar-refractivity contribution in [3.63, 3.8) is 0 Å². The molecule has 0 heterocycles. The molecule has 0 aromatic heterocycles. The van der Waals surface area contributed by atoms with Gasteiger partial charge in [0.05, 0.1) is 6.61 Å². The molecule has 0 saturated heterocycles. The van der Waals surface area contributed by atoms with Crippen LogP contribution in [0.4, 0.5) is 5.69 Å². The van der Waals surface area contributed by atoms with Gasteiger partial charge >= 0.3 is 0 Å². The largest absolute Gasteiger partial charge is 0.493 e. The Morgan fingerprint density at radius 1 is 0.696 bits per heavy atom. The van der Waals surface area contributed by atoms with Crippen LogP contribution in [0.3, 0.4) is 0 Å². The maximum Gasteiger partial charge on any atom is 0.121 e.